The van der Waals surface area contributed by atoms with Crippen LogP contribution < -0.4 is 0 Å². The van der Waals surface area contributed by atoms with E-state index in [-0.39, 0.29) is 28.8 Å². The normalized spacial score (nSPS) is 52.9. The number of ether oxygens (including phenoxy) is 1. The van der Waals surface area contributed by atoms with E-state index < -0.39 is 5.41 Å². The van der Waals surface area contributed by atoms with E-state index in [1.807, 2.05) is 6.92 Å². The summed E-state index contributed by atoms with van der Waals surface area (Å²) in [5.74, 6) is 1.53. The highest BCUT2D eigenvalue weighted by molar-refractivity contribution is 6.04. The van der Waals surface area contributed by atoms with Crippen LogP contribution >= 0.6 is 0 Å². The lowest BCUT2D eigenvalue weighted by molar-refractivity contribution is -0.194. The van der Waals surface area contributed by atoms with Gasteiger partial charge in [0, 0.05) is 6.42 Å². The Balaban J connectivity index is 1.60. The Labute approximate surface area is 182 Å². The molecular weight excluding hydrogens is 372 g/mol. The lowest BCUT2D eigenvalue weighted by Gasteiger charge is -2.68. The molecule has 3 unspecified atom stereocenters. The molecule has 1 aliphatic heterocycles. The third-order valence-corrected chi connectivity index (χ3v) is 11.5. The Bertz CT molecular complexity index is 841. The van der Waals surface area contributed by atoms with Crippen molar-refractivity contribution in [3.63, 3.8) is 0 Å². The molecule has 3 nitrogen and oxygen atoms in total. The van der Waals surface area contributed by atoms with Crippen molar-refractivity contribution in [1.82, 2.24) is 0 Å². The van der Waals surface area contributed by atoms with E-state index in [4.69, 9.17) is 4.74 Å². The van der Waals surface area contributed by atoms with Crippen LogP contribution in [0.4, 0.5) is 0 Å². The SMILES string of the molecule is CC[C@@]1(C)CCC[C@@]2(C)C1CC[C@@]1(C)C3CCC4=C(C(=O)O[C@H]4C)[C@@]3(C)C(=O)CC21. The molecule has 0 saturated heterocycles. The van der Waals surface area contributed by atoms with Gasteiger partial charge >= 0.3 is 5.97 Å². The number of carbonyl (C=O) groups is 2. The Kier molecular flexibility index (Phi) is 4.31. The average molecular weight is 413 g/mol. The molecule has 4 aliphatic carbocycles. The van der Waals surface area contributed by atoms with Crippen molar-refractivity contribution in [2.75, 3.05) is 0 Å². The largest absolute Gasteiger partial charge is 0.455 e. The minimum absolute atomic E-state index is 0.130. The Hall–Kier alpha value is -1.12. The molecule has 0 aromatic carbocycles. The topological polar surface area (TPSA) is 43.4 Å². The first-order chi connectivity index (χ1) is 14.0. The number of rotatable bonds is 1. The molecule has 3 saturated carbocycles. The van der Waals surface area contributed by atoms with Crippen LogP contribution in [-0.2, 0) is 14.3 Å². The maximum Gasteiger partial charge on any atom is 0.335 e. The minimum atomic E-state index is -0.646. The lowest BCUT2D eigenvalue weighted by Crippen LogP contribution is -2.64. The summed E-state index contributed by atoms with van der Waals surface area (Å²) in [5, 5.41) is 0. The van der Waals surface area contributed by atoms with Gasteiger partial charge in [0.25, 0.3) is 0 Å². The van der Waals surface area contributed by atoms with Crippen molar-refractivity contribution in [1.29, 1.82) is 0 Å². The molecule has 0 bridgehead atoms. The molecule has 0 aromatic heterocycles. The van der Waals surface area contributed by atoms with Crippen molar-refractivity contribution in [3.8, 4) is 0 Å². The monoisotopic (exact) mass is 412 g/mol. The van der Waals surface area contributed by atoms with Crippen LogP contribution in [0.2, 0.25) is 0 Å². The number of fused-ring (bicyclic) bond motifs is 6. The van der Waals surface area contributed by atoms with Crippen molar-refractivity contribution in [2.24, 2.45) is 39.4 Å². The van der Waals surface area contributed by atoms with E-state index in [9.17, 15) is 9.59 Å². The summed E-state index contributed by atoms with van der Waals surface area (Å²) < 4.78 is 5.62. The van der Waals surface area contributed by atoms with Gasteiger partial charge in [0.1, 0.15) is 11.9 Å². The van der Waals surface area contributed by atoms with Gasteiger partial charge in [-0.3, -0.25) is 4.79 Å². The van der Waals surface area contributed by atoms with E-state index in [2.05, 4.69) is 34.6 Å². The number of hydrogen-bond donors (Lipinski definition) is 0. The van der Waals surface area contributed by atoms with Crippen LogP contribution in [0.15, 0.2) is 11.1 Å². The van der Waals surface area contributed by atoms with Gasteiger partial charge in [-0.25, -0.2) is 4.79 Å². The maximum atomic E-state index is 13.9. The van der Waals surface area contributed by atoms with Crippen molar-refractivity contribution in [2.45, 2.75) is 105 Å². The Morgan fingerprint density at radius 2 is 1.63 bits per heavy atom. The molecule has 0 spiro atoms. The molecule has 3 heteroatoms. The third kappa shape index (κ3) is 2.28. The molecule has 3 fully saturated rings. The molecule has 166 valence electrons. The van der Waals surface area contributed by atoms with E-state index in [1.165, 1.54) is 38.5 Å². The van der Waals surface area contributed by atoms with E-state index >= 15 is 0 Å². The number of carbonyl (C=O) groups excluding carboxylic acids is 2. The fourth-order valence-corrected chi connectivity index (χ4v) is 9.78. The quantitative estimate of drug-likeness (QED) is 0.478. The first kappa shape index (κ1) is 20.8. The predicted molar refractivity (Wildman–Crippen MR) is 118 cm³/mol. The molecule has 8 atom stereocenters. The van der Waals surface area contributed by atoms with E-state index in [0.29, 0.717) is 29.5 Å². The highest BCUT2D eigenvalue weighted by atomic mass is 16.5. The fourth-order valence-electron chi connectivity index (χ4n) is 9.78. The zero-order valence-corrected chi connectivity index (χ0v) is 19.9. The minimum Gasteiger partial charge on any atom is -0.455 e. The van der Waals surface area contributed by atoms with Gasteiger partial charge in [-0.15, -0.1) is 0 Å². The van der Waals surface area contributed by atoms with Gasteiger partial charge in [0.2, 0.25) is 0 Å². The van der Waals surface area contributed by atoms with Gasteiger partial charge in [0.05, 0.1) is 11.0 Å². The lowest BCUT2D eigenvalue weighted by atomic mass is 9.35. The van der Waals surface area contributed by atoms with Crippen molar-refractivity contribution < 1.29 is 14.3 Å². The molecule has 5 aliphatic rings. The molecular formula is C27H40O3. The van der Waals surface area contributed by atoms with E-state index in [0.717, 1.165) is 24.0 Å². The zero-order valence-electron chi connectivity index (χ0n) is 19.9. The van der Waals surface area contributed by atoms with Crippen LogP contribution in [-0.4, -0.2) is 17.9 Å². The van der Waals surface area contributed by atoms with Gasteiger partial charge < -0.3 is 4.74 Å². The van der Waals surface area contributed by atoms with Crippen molar-refractivity contribution in [3.05, 3.63) is 11.1 Å². The molecule has 30 heavy (non-hydrogen) atoms. The van der Waals surface area contributed by atoms with Crippen LogP contribution in [0, 0.1) is 39.4 Å². The predicted octanol–water partition coefficient (Wildman–Crippen LogP) is 6.26. The first-order valence-corrected chi connectivity index (χ1v) is 12.5. The second kappa shape index (κ2) is 6.23. The standard InChI is InChI=1S/C27H40O3/c1-7-24(3)12-8-13-25(4)18(24)11-14-26(5)19-10-9-17-16(2)30-23(29)22(17)27(19,6)21(28)15-20(25)26/h16,18-20H,7-15H2,1-6H3/t16-,18?,19?,20?,24-,25-,26-,27+/m0/s1. The molecule has 0 N–H and O–H groups in total. The summed E-state index contributed by atoms with van der Waals surface area (Å²) in [6.45, 7) is 14.0. The number of cyclic esters (lactones) is 1. The molecule has 5 rings (SSSR count). The molecule has 0 aromatic rings. The number of esters is 1. The second-order valence-corrected chi connectivity index (χ2v) is 12.4. The van der Waals surface area contributed by atoms with Gasteiger partial charge in [-0.1, -0.05) is 40.5 Å². The summed E-state index contributed by atoms with van der Waals surface area (Å²) in [5.41, 5.74) is 2.00. The third-order valence-electron chi connectivity index (χ3n) is 11.5. The van der Waals surface area contributed by atoms with E-state index in [1.54, 1.807) is 0 Å². The fraction of sp³-hybridized carbons (Fsp3) is 0.852. The molecule has 1 heterocycles. The zero-order chi connectivity index (χ0) is 21.7. The maximum absolute atomic E-state index is 13.9. The first-order valence-electron chi connectivity index (χ1n) is 12.5. The van der Waals surface area contributed by atoms with Crippen LogP contribution in [0.3, 0.4) is 0 Å². The van der Waals surface area contributed by atoms with Crippen molar-refractivity contribution >= 4 is 11.8 Å². The summed E-state index contributed by atoms with van der Waals surface area (Å²) in [6, 6.07) is 0. The highest BCUT2D eigenvalue weighted by Gasteiger charge is 2.69. The summed E-state index contributed by atoms with van der Waals surface area (Å²) >= 11 is 0. The highest BCUT2D eigenvalue weighted by Crippen LogP contribution is 2.73. The Morgan fingerprint density at radius 1 is 0.933 bits per heavy atom. The average Bonchev–Trinajstić information content (AvgIpc) is 2.98. The van der Waals surface area contributed by atoms with Crippen LogP contribution in [0.1, 0.15) is 99.3 Å². The van der Waals surface area contributed by atoms with Gasteiger partial charge in [-0.05, 0) is 91.9 Å². The van der Waals surface area contributed by atoms with Gasteiger partial charge in [0.15, 0.2) is 0 Å². The Morgan fingerprint density at radius 3 is 2.33 bits per heavy atom. The second-order valence-electron chi connectivity index (χ2n) is 12.4. The van der Waals surface area contributed by atoms with Crippen LogP contribution in [0.5, 0.6) is 0 Å². The molecule has 0 radical (unpaired) electrons. The summed E-state index contributed by atoms with van der Waals surface area (Å²) in [4.78, 5) is 26.8. The number of hydrogen-bond acceptors (Lipinski definition) is 3. The molecule has 0 amide bonds. The number of Topliss-reactive ketones (excluding diaryl/α,β-unsaturated/α-hetero) is 1. The van der Waals surface area contributed by atoms with Crippen LogP contribution in [0.25, 0.3) is 0 Å². The smallest absolute Gasteiger partial charge is 0.335 e. The summed E-state index contributed by atoms with van der Waals surface area (Å²) in [6.07, 6.45) is 10.1. The number of ketones is 1. The van der Waals surface area contributed by atoms with Gasteiger partial charge in [-0.2, -0.15) is 0 Å². The summed E-state index contributed by atoms with van der Waals surface area (Å²) in [7, 11) is 0.